The Kier molecular flexibility index (Phi) is 5.35. The molecule has 0 bridgehead atoms. The molecule has 0 saturated carbocycles. The zero-order chi connectivity index (χ0) is 14.5. The monoisotopic (exact) mass is 309 g/mol. The summed E-state index contributed by atoms with van der Waals surface area (Å²) in [6, 6.07) is 5.77. The summed E-state index contributed by atoms with van der Waals surface area (Å²) in [6.45, 7) is 4.70. The van der Waals surface area contributed by atoms with Gasteiger partial charge in [0.25, 0.3) is 0 Å². The van der Waals surface area contributed by atoms with Crippen LogP contribution in [0.1, 0.15) is 36.3 Å². The first-order chi connectivity index (χ1) is 9.60. The summed E-state index contributed by atoms with van der Waals surface area (Å²) in [7, 11) is 0. The SMILES string of the molecule is CCC(NCc1cnc(C)cn1)c1ccc(Cl)cc1Cl. The Morgan fingerprint density at radius 3 is 2.60 bits per heavy atom. The van der Waals surface area contributed by atoms with Crippen LogP contribution in [0, 0.1) is 6.92 Å². The molecule has 0 radical (unpaired) electrons. The van der Waals surface area contributed by atoms with E-state index in [0.717, 1.165) is 23.4 Å². The van der Waals surface area contributed by atoms with E-state index in [2.05, 4.69) is 22.2 Å². The van der Waals surface area contributed by atoms with Crippen LogP contribution >= 0.6 is 23.2 Å². The van der Waals surface area contributed by atoms with Gasteiger partial charge in [0.2, 0.25) is 0 Å². The largest absolute Gasteiger partial charge is 0.304 e. The van der Waals surface area contributed by atoms with Crippen LogP contribution in [0.2, 0.25) is 10.0 Å². The average Bonchev–Trinajstić information content (AvgIpc) is 2.43. The van der Waals surface area contributed by atoms with Crippen molar-refractivity contribution in [3.63, 3.8) is 0 Å². The molecule has 0 aliphatic carbocycles. The topological polar surface area (TPSA) is 37.8 Å². The van der Waals surface area contributed by atoms with Crippen LogP contribution < -0.4 is 5.32 Å². The molecule has 0 fully saturated rings. The number of benzene rings is 1. The maximum Gasteiger partial charge on any atom is 0.0724 e. The zero-order valence-electron chi connectivity index (χ0n) is 11.5. The maximum atomic E-state index is 6.25. The van der Waals surface area contributed by atoms with Gasteiger partial charge in [0.1, 0.15) is 0 Å². The number of halogens is 2. The van der Waals surface area contributed by atoms with E-state index in [1.54, 1.807) is 18.5 Å². The van der Waals surface area contributed by atoms with Crippen molar-refractivity contribution in [1.29, 1.82) is 0 Å². The van der Waals surface area contributed by atoms with Crippen molar-refractivity contribution in [3.05, 3.63) is 57.6 Å². The van der Waals surface area contributed by atoms with Crippen molar-refractivity contribution in [3.8, 4) is 0 Å². The highest BCUT2D eigenvalue weighted by molar-refractivity contribution is 6.35. The standard InChI is InChI=1S/C15H17Cl2N3/c1-3-15(13-5-4-11(16)6-14(13)17)20-9-12-8-18-10(2)7-19-12/h4-8,15,20H,3,9H2,1-2H3. The van der Waals surface area contributed by atoms with E-state index in [9.17, 15) is 0 Å². The summed E-state index contributed by atoms with van der Waals surface area (Å²) < 4.78 is 0. The smallest absolute Gasteiger partial charge is 0.0724 e. The Morgan fingerprint density at radius 1 is 1.20 bits per heavy atom. The number of rotatable bonds is 5. The number of nitrogens with zero attached hydrogens (tertiary/aromatic N) is 2. The third kappa shape index (κ3) is 3.92. The van der Waals surface area contributed by atoms with Gasteiger partial charge < -0.3 is 5.32 Å². The minimum Gasteiger partial charge on any atom is -0.304 e. The van der Waals surface area contributed by atoms with Crippen LogP contribution in [-0.2, 0) is 6.54 Å². The molecule has 1 unspecified atom stereocenters. The molecule has 5 heteroatoms. The molecule has 2 rings (SSSR count). The fourth-order valence-electron chi connectivity index (χ4n) is 2.00. The third-order valence-electron chi connectivity index (χ3n) is 3.11. The molecule has 1 aromatic carbocycles. The van der Waals surface area contributed by atoms with Crippen molar-refractivity contribution >= 4 is 23.2 Å². The molecule has 0 saturated heterocycles. The Morgan fingerprint density at radius 2 is 2.00 bits per heavy atom. The highest BCUT2D eigenvalue weighted by Crippen LogP contribution is 2.28. The molecule has 1 atom stereocenters. The van der Waals surface area contributed by atoms with Crippen LogP contribution in [0.5, 0.6) is 0 Å². The first kappa shape index (κ1) is 15.2. The molecule has 0 aliphatic rings. The van der Waals surface area contributed by atoms with Gasteiger partial charge in [0, 0.05) is 35.0 Å². The van der Waals surface area contributed by atoms with Gasteiger partial charge in [-0.25, -0.2) is 0 Å². The first-order valence-corrected chi connectivity index (χ1v) is 7.31. The second-order valence-electron chi connectivity index (χ2n) is 4.66. The molecule has 20 heavy (non-hydrogen) atoms. The summed E-state index contributed by atoms with van der Waals surface area (Å²) in [4.78, 5) is 8.57. The predicted octanol–water partition coefficient (Wildman–Crippen LogP) is 4.33. The molecule has 0 spiro atoms. The molecule has 0 aliphatic heterocycles. The van der Waals surface area contributed by atoms with E-state index in [-0.39, 0.29) is 6.04 Å². The highest BCUT2D eigenvalue weighted by Gasteiger charge is 2.13. The molecular weight excluding hydrogens is 293 g/mol. The molecule has 0 amide bonds. The van der Waals surface area contributed by atoms with Crippen molar-refractivity contribution in [2.45, 2.75) is 32.9 Å². The minimum absolute atomic E-state index is 0.169. The Bertz CT molecular complexity index is 570. The van der Waals surface area contributed by atoms with E-state index < -0.39 is 0 Å². The molecule has 106 valence electrons. The lowest BCUT2D eigenvalue weighted by Gasteiger charge is -2.18. The summed E-state index contributed by atoms with van der Waals surface area (Å²) in [6.07, 6.45) is 4.49. The van der Waals surface area contributed by atoms with Gasteiger partial charge in [-0.05, 0) is 31.0 Å². The predicted molar refractivity (Wildman–Crippen MR) is 83.1 cm³/mol. The van der Waals surface area contributed by atoms with E-state index in [1.165, 1.54) is 0 Å². The second kappa shape index (κ2) is 7.02. The van der Waals surface area contributed by atoms with Gasteiger partial charge in [-0.2, -0.15) is 0 Å². The van der Waals surface area contributed by atoms with Crippen LogP contribution in [0.3, 0.4) is 0 Å². The lowest BCUT2D eigenvalue weighted by Crippen LogP contribution is -2.21. The molecule has 1 heterocycles. The third-order valence-corrected chi connectivity index (χ3v) is 3.67. The maximum absolute atomic E-state index is 6.25. The molecular formula is C15H17Cl2N3. The fraction of sp³-hybridized carbons (Fsp3) is 0.333. The normalized spacial score (nSPS) is 12.4. The Labute approximate surface area is 129 Å². The van der Waals surface area contributed by atoms with Crippen LogP contribution in [0.15, 0.2) is 30.6 Å². The van der Waals surface area contributed by atoms with Crippen molar-refractivity contribution in [2.24, 2.45) is 0 Å². The lowest BCUT2D eigenvalue weighted by molar-refractivity contribution is 0.513. The fourth-order valence-corrected chi connectivity index (χ4v) is 2.54. The van der Waals surface area contributed by atoms with Gasteiger partial charge in [-0.15, -0.1) is 0 Å². The average molecular weight is 310 g/mol. The summed E-state index contributed by atoms with van der Waals surface area (Å²) in [5.74, 6) is 0. The quantitative estimate of drug-likeness (QED) is 0.893. The number of hydrogen-bond donors (Lipinski definition) is 1. The van der Waals surface area contributed by atoms with E-state index in [1.807, 2.05) is 19.1 Å². The second-order valence-corrected chi connectivity index (χ2v) is 5.50. The molecule has 2 aromatic rings. The van der Waals surface area contributed by atoms with E-state index in [0.29, 0.717) is 16.6 Å². The van der Waals surface area contributed by atoms with Crippen LogP contribution in [-0.4, -0.2) is 9.97 Å². The lowest BCUT2D eigenvalue weighted by atomic mass is 10.0. The summed E-state index contributed by atoms with van der Waals surface area (Å²) in [5, 5.41) is 4.79. The van der Waals surface area contributed by atoms with Gasteiger partial charge in [-0.3, -0.25) is 9.97 Å². The van der Waals surface area contributed by atoms with Gasteiger partial charge in [-0.1, -0.05) is 36.2 Å². The first-order valence-electron chi connectivity index (χ1n) is 6.56. The number of hydrogen-bond acceptors (Lipinski definition) is 3. The minimum atomic E-state index is 0.169. The van der Waals surface area contributed by atoms with Gasteiger partial charge in [0.15, 0.2) is 0 Å². The van der Waals surface area contributed by atoms with Crippen LogP contribution in [0.4, 0.5) is 0 Å². The number of nitrogens with one attached hydrogen (secondary N) is 1. The summed E-state index contributed by atoms with van der Waals surface area (Å²) in [5.41, 5.74) is 2.89. The van der Waals surface area contributed by atoms with Gasteiger partial charge in [0.05, 0.1) is 11.4 Å². The van der Waals surface area contributed by atoms with Crippen molar-refractivity contribution < 1.29 is 0 Å². The molecule has 3 nitrogen and oxygen atoms in total. The Balaban J connectivity index is 2.07. The van der Waals surface area contributed by atoms with Crippen molar-refractivity contribution in [1.82, 2.24) is 15.3 Å². The molecule has 1 aromatic heterocycles. The van der Waals surface area contributed by atoms with E-state index in [4.69, 9.17) is 23.2 Å². The zero-order valence-corrected chi connectivity index (χ0v) is 13.0. The number of aryl methyl sites for hydroxylation is 1. The van der Waals surface area contributed by atoms with Crippen LogP contribution in [0.25, 0.3) is 0 Å². The van der Waals surface area contributed by atoms with E-state index >= 15 is 0 Å². The molecule has 1 N–H and O–H groups in total. The number of aromatic nitrogens is 2. The Hall–Kier alpha value is -1.16. The van der Waals surface area contributed by atoms with Crippen molar-refractivity contribution in [2.75, 3.05) is 0 Å². The van der Waals surface area contributed by atoms with Gasteiger partial charge >= 0.3 is 0 Å². The highest BCUT2D eigenvalue weighted by atomic mass is 35.5. The summed E-state index contributed by atoms with van der Waals surface area (Å²) >= 11 is 12.2.